The molecule has 3 N–H and O–H groups in total. The van der Waals surface area contributed by atoms with Crippen molar-refractivity contribution in [3.05, 3.63) is 90.5 Å². The number of phenols is 3. The van der Waals surface area contributed by atoms with E-state index in [1.165, 1.54) is 0 Å². The molecule has 0 aliphatic heterocycles. The highest BCUT2D eigenvalue weighted by Crippen LogP contribution is 2.46. The van der Waals surface area contributed by atoms with Crippen molar-refractivity contribution in [2.45, 2.75) is 18.3 Å². The van der Waals surface area contributed by atoms with Crippen LogP contribution in [0, 0.1) is 0 Å². The minimum Gasteiger partial charge on any atom is -0.508 e. The van der Waals surface area contributed by atoms with Crippen molar-refractivity contribution in [1.82, 2.24) is 0 Å². The number of para-hydroxylation sites is 2. The molecule has 0 bridgehead atoms. The number of phenolic OH excluding ortho intramolecular Hbond substituents is 3. The van der Waals surface area contributed by atoms with E-state index in [-0.39, 0.29) is 0 Å². The van der Waals surface area contributed by atoms with E-state index in [4.69, 9.17) is 15.3 Å². The number of benzene rings is 3. The van der Waals surface area contributed by atoms with Crippen molar-refractivity contribution in [1.29, 1.82) is 0 Å². The normalized spacial score (nSPS) is 11.0. The minimum absolute atomic E-state index is 0.322. The Morgan fingerprint density at radius 1 is 0.467 bits per heavy atom. The summed E-state index contributed by atoms with van der Waals surface area (Å²) in [5.41, 5.74) is -0.946. The summed E-state index contributed by atoms with van der Waals surface area (Å²) in [7, 11) is 0. The lowest BCUT2D eigenvalue weighted by molar-refractivity contribution is -0.253. The zero-order valence-corrected chi connectivity index (χ0v) is 15.3. The Kier molecular flexibility index (Phi) is 9.04. The lowest BCUT2D eigenvalue weighted by atomic mass is 9.98. The summed E-state index contributed by atoms with van der Waals surface area (Å²) in [4.78, 5) is 0. The van der Waals surface area contributed by atoms with Gasteiger partial charge in [-0.15, -0.1) is 0 Å². The quantitative estimate of drug-likeness (QED) is 0.391. The van der Waals surface area contributed by atoms with Gasteiger partial charge in [0.05, 0.1) is 0 Å². The Bertz CT molecular complexity index is 796. The van der Waals surface area contributed by atoms with Crippen LogP contribution in [0.5, 0.6) is 17.2 Å². The molecule has 3 nitrogen and oxygen atoms in total. The summed E-state index contributed by atoms with van der Waals surface area (Å²) < 4.78 is 73.3. The first kappa shape index (κ1) is 24.7. The van der Waals surface area contributed by atoms with Crippen molar-refractivity contribution in [2.75, 3.05) is 0 Å². The lowest BCUT2D eigenvalue weighted by Gasteiger charge is -2.23. The monoisotopic (exact) mass is 432 g/mol. The van der Waals surface area contributed by atoms with Gasteiger partial charge in [0.25, 0.3) is 0 Å². The molecule has 0 aliphatic carbocycles. The molecule has 0 saturated carbocycles. The Morgan fingerprint density at radius 2 is 0.767 bits per heavy atom. The molecule has 0 saturated heterocycles. The molecule has 0 spiro atoms. The summed E-state index contributed by atoms with van der Waals surface area (Å²) in [5.74, 6) is -3.28. The fourth-order valence-electron chi connectivity index (χ4n) is 2.09. The topological polar surface area (TPSA) is 60.7 Å². The molecule has 0 unspecified atom stereocenters. The first-order valence-corrected chi connectivity index (χ1v) is 8.31. The SMILES string of the molecule is Oc1ccc(C(C(F)(F)F)C(F)(F)F)cc1.Oc1ccccc1.Oc1ccccc1. The second-order valence-electron chi connectivity index (χ2n) is 5.78. The van der Waals surface area contributed by atoms with Crippen molar-refractivity contribution in [3.8, 4) is 17.2 Å². The fourth-order valence-corrected chi connectivity index (χ4v) is 2.09. The predicted molar refractivity (Wildman–Crippen MR) is 99.2 cm³/mol. The Labute approximate surface area is 168 Å². The van der Waals surface area contributed by atoms with E-state index in [1.807, 2.05) is 12.1 Å². The number of hydrogen-bond acceptors (Lipinski definition) is 3. The lowest BCUT2D eigenvalue weighted by Crippen LogP contribution is -2.34. The predicted octanol–water partition coefficient (Wildman–Crippen LogP) is 6.38. The summed E-state index contributed by atoms with van der Waals surface area (Å²) in [6, 6.07) is 20.2. The molecule has 0 radical (unpaired) electrons. The van der Waals surface area contributed by atoms with Gasteiger partial charge in [-0.25, -0.2) is 0 Å². The van der Waals surface area contributed by atoms with E-state index in [1.54, 1.807) is 48.5 Å². The largest absolute Gasteiger partial charge is 0.508 e. The number of alkyl halides is 6. The minimum atomic E-state index is -5.41. The first-order valence-electron chi connectivity index (χ1n) is 8.31. The zero-order valence-electron chi connectivity index (χ0n) is 15.3. The van der Waals surface area contributed by atoms with Crippen LogP contribution >= 0.6 is 0 Å². The van der Waals surface area contributed by atoms with Gasteiger partial charge in [-0.05, 0) is 42.0 Å². The van der Waals surface area contributed by atoms with Crippen molar-refractivity contribution in [3.63, 3.8) is 0 Å². The van der Waals surface area contributed by atoms with E-state index < -0.39 is 29.6 Å². The van der Waals surface area contributed by atoms with Gasteiger partial charge < -0.3 is 15.3 Å². The average Bonchev–Trinajstić information content (AvgIpc) is 2.64. The molecular weight excluding hydrogens is 414 g/mol. The molecular formula is C21H18F6O3. The molecule has 0 aromatic heterocycles. The van der Waals surface area contributed by atoms with Crippen LogP contribution in [-0.2, 0) is 0 Å². The van der Waals surface area contributed by atoms with Crippen molar-refractivity contribution >= 4 is 0 Å². The third-order valence-electron chi connectivity index (χ3n) is 3.39. The van der Waals surface area contributed by atoms with Gasteiger partial charge in [0.1, 0.15) is 17.2 Å². The van der Waals surface area contributed by atoms with Crippen molar-refractivity contribution < 1.29 is 41.7 Å². The van der Waals surface area contributed by atoms with Gasteiger partial charge in [0.15, 0.2) is 5.92 Å². The molecule has 0 heterocycles. The zero-order chi connectivity index (χ0) is 22.8. The highest BCUT2D eigenvalue weighted by atomic mass is 19.4. The van der Waals surface area contributed by atoms with Gasteiger partial charge in [0.2, 0.25) is 0 Å². The molecule has 162 valence electrons. The number of halogens is 6. The van der Waals surface area contributed by atoms with Gasteiger partial charge >= 0.3 is 12.4 Å². The highest BCUT2D eigenvalue weighted by molar-refractivity contribution is 5.30. The van der Waals surface area contributed by atoms with Crippen LogP contribution in [0.25, 0.3) is 0 Å². The van der Waals surface area contributed by atoms with Crippen LogP contribution in [0.1, 0.15) is 11.5 Å². The van der Waals surface area contributed by atoms with Crippen LogP contribution in [-0.4, -0.2) is 27.7 Å². The molecule has 3 aromatic carbocycles. The second-order valence-corrected chi connectivity index (χ2v) is 5.78. The summed E-state index contributed by atoms with van der Waals surface area (Å²) in [6.45, 7) is 0. The van der Waals surface area contributed by atoms with E-state index in [9.17, 15) is 26.3 Å². The molecule has 0 aliphatic rings. The van der Waals surface area contributed by atoms with E-state index >= 15 is 0 Å². The molecule has 3 aromatic rings. The maximum atomic E-state index is 12.2. The number of aromatic hydroxyl groups is 3. The van der Waals surface area contributed by atoms with Crippen LogP contribution in [0.4, 0.5) is 26.3 Å². The molecule has 0 amide bonds. The van der Waals surface area contributed by atoms with Crippen molar-refractivity contribution in [2.24, 2.45) is 0 Å². The van der Waals surface area contributed by atoms with Crippen LogP contribution in [0.2, 0.25) is 0 Å². The maximum Gasteiger partial charge on any atom is 0.404 e. The van der Waals surface area contributed by atoms with E-state index in [2.05, 4.69) is 0 Å². The Hall–Kier alpha value is -3.36. The smallest absolute Gasteiger partial charge is 0.404 e. The fraction of sp³-hybridized carbons (Fsp3) is 0.143. The van der Waals surface area contributed by atoms with Gasteiger partial charge in [-0.2, -0.15) is 26.3 Å². The first-order chi connectivity index (χ1) is 13.9. The van der Waals surface area contributed by atoms with Gasteiger partial charge in [-0.3, -0.25) is 0 Å². The summed E-state index contributed by atoms with van der Waals surface area (Å²) >= 11 is 0. The number of hydrogen-bond donors (Lipinski definition) is 3. The third kappa shape index (κ3) is 9.22. The average molecular weight is 432 g/mol. The molecule has 3 rings (SSSR count). The highest BCUT2D eigenvalue weighted by Gasteiger charge is 2.57. The molecule has 0 atom stereocenters. The second kappa shape index (κ2) is 11.0. The number of rotatable bonds is 1. The summed E-state index contributed by atoms with van der Waals surface area (Å²) in [6.07, 6.45) is -10.8. The van der Waals surface area contributed by atoms with E-state index in [0.29, 0.717) is 23.6 Å². The standard InChI is InChI=1S/C9H6F6O.2C6H6O/c10-8(11,12)7(9(13,14)15)5-1-3-6(16)4-2-5;2*7-6-4-2-1-3-5-6/h1-4,7,16H;2*1-5,7H. The third-order valence-corrected chi connectivity index (χ3v) is 3.39. The van der Waals surface area contributed by atoms with E-state index in [0.717, 1.165) is 12.1 Å². The van der Waals surface area contributed by atoms with Crippen LogP contribution in [0.15, 0.2) is 84.9 Å². The maximum absolute atomic E-state index is 12.2. The molecule has 30 heavy (non-hydrogen) atoms. The molecule has 9 heteroatoms. The Morgan fingerprint density at radius 3 is 1.00 bits per heavy atom. The van der Waals surface area contributed by atoms with Gasteiger partial charge in [0, 0.05) is 0 Å². The van der Waals surface area contributed by atoms with Gasteiger partial charge in [-0.1, -0.05) is 48.5 Å². The summed E-state index contributed by atoms with van der Waals surface area (Å²) in [5, 5.41) is 26.0. The van der Waals surface area contributed by atoms with Crippen LogP contribution in [0.3, 0.4) is 0 Å². The molecule has 0 fully saturated rings. The Balaban J connectivity index is 0.000000263. The van der Waals surface area contributed by atoms with Crippen LogP contribution < -0.4 is 0 Å².